The number of nitriles is 1. The number of nitrogens with zero attached hydrogens (tertiary/aromatic N) is 1. The number of rotatable bonds is 8. The van der Waals surface area contributed by atoms with Gasteiger partial charge in [0.2, 0.25) is 0 Å². The molecule has 8 nitrogen and oxygen atoms in total. The van der Waals surface area contributed by atoms with Crippen LogP contribution in [0.5, 0.6) is 0 Å². The van der Waals surface area contributed by atoms with Crippen molar-refractivity contribution < 1.29 is 28.5 Å². The van der Waals surface area contributed by atoms with E-state index < -0.39 is 24.1 Å². The molecule has 0 saturated heterocycles. The van der Waals surface area contributed by atoms with Crippen molar-refractivity contribution in [1.82, 2.24) is 5.32 Å². The third-order valence-corrected chi connectivity index (χ3v) is 4.82. The maximum Gasteiger partial charge on any atom is 0.336 e. The predicted molar refractivity (Wildman–Crippen MR) is 112 cm³/mol. The molecule has 1 unspecified atom stereocenters. The van der Waals surface area contributed by atoms with E-state index in [4.69, 9.17) is 18.9 Å². The number of dihydropyridines is 1. The maximum absolute atomic E-state index is 13.1. The first-order valence-electron chi connectivity index (χ1n) is 9.82. The van der Waals surface area contributed by atoms with Crippen molar-refractivity contribution in [1.29, 1.82) is 5.26 Å². The summed E-state index contributed by atoms with van der Waals surface area (Å²) in [5.41, 5.74) is 1.90. The molecule has 0 amide bonds. The van der Waals surface area contributed by atoms with Crippen molar-refractivity contribution in [3.63, 3.8) is 0 Å². The smallest absolute Gasteiger partial charge is 0.336 e. The fourth-order valence-corrected chi connectivity index (χ4v) is 3.46. The lowest BCUT2D eigenvalue weighted by atomic mass is 9.78. The zero-order valence-corrected chi connectivity index (χ0v) is 18.6. The second kappa shape index (κ2) is 10.8. The molecule has 0 aliphatic carbocycles. The summed E-state index contributed by atoms with van der Waals surface area (Å²) in [6.45, 7) is 5.76. The zero-order valence-electron chi connectivity index (χ0n) is 18.6. The lowest BCUT2D eigenvalue weighted by Crippen LogP contribution is -2.38. The topological polar surface area (TPSA) is 107 Å². The Labute approximate surface area is 182 Å². The molecule has 31 heavy (non-hydrogen) atoms. The van der Waals surface area contributed by atoms with E-state index >= 15 is 0 Å². The lowest BCUT2D eigenvalue weighted by Gasteiger charge is -2.33. The number of hydrogen-bond acceptors (Lipinski definition) is 8. The molecule has 8 heteroatoms. The van der Waals surface area contributed by atoms with Gasteiger partial charge in [-0.15, -0.1) is 0 Å². The highest BCUT2D eigenvalue weighted by Gasteiger charge is 2.41. The number of carbonyl (C=O) groups excluding carboxylic acids is 2. The standard InChI is InChI=1S/C23H28N2O6/c1-13(2)12-31-22(27)17-14(3)25-20(23(29-5)30-6)19(21(26)28-4)18(17)16-10-8-7-9-15(16)11-24/h7-10,13,18,23,25H,12H2,1-6H3. The lowest BCUT2D eigenvalue weighted by molar-refractivity contribution is -0.140. The average Bonchev–Trinajstić information content (AvgIpc) is 2.77. The van der Waals surface area contributed by atoms with E-state index in [1.54, 1.807) is 31.2 Å². The summed E-state index contributed by atoms with van der Waals surface area (Å²) in [6.07, 6.45) is -0.922. The van der Waals surface area contributed by atoms with Crippen LogP contribution in [0.2, 0.25) is 0 Å². The van der Waals surface area contributed by atoms with Crippen LogP contribution in [0.15, 0.2) is 46.8 Å². The van der Waals surface area contributed by atoms with E-state index in [-0.39, 0.29) is 23.7 Å². The van der Waals surface area contributed by atoms with Crippen LogP contribution in [-0.2, 0) is 28.5 Å². The third kappa shape index (κ3) is 5.13. The number of allylic oxidation sites excluding steroid dienone is 1. The predicted octanol–water partition coefficient (Wildman–Crippen LogP) is 2.76. The first kappa shape index (κ1) is 24.1. The average molecular weight is 428 g/mol. The number of esters is 2. The highest BCUT2D eigenvalue weighted by Crippen LogP contribution is 2.41. The van der Waals surface area contributed by atoms with Gasteiger partial charge in [-0.2, -0.15) is 5.26 Å². The Kier molecular flexibility index (Phi) is 8.37. The van der Waals surface area contributed by atoms with Gasteiger partial charge in [-0.25, -0.2) is 9.59 Å². The van der Waals surface area contributed by atoms with Crippen molar-refractivity contribution in [2.45, 2.75) is 33.0 Å². The molecule has 166 valence electrons. The van der Waals surface area contributed by atoms with Crippen molar-refractivity contribution in [3.8, 4) is 6.07 Å². The maximum atomic E-state index is 13.1. The van der Waals surface area contributed by atoms with Crippen molar-refractivity contribution in [2.75, 3.05) is 27.9 Å². The number of carbonyl (C=O) groups is 2. The van der Waals surface area contributed by atoms with E-state index in [1.807, 2.05) is 13.8 Å². The summed E-state index contributed by atoms with van der Waals surface area (Å²) < 4.78 is 21.3. The number of benzene rings is 1. The van der Waals surface area contributed by atoms with Crippen LogP contribution in [0.4, 0.5) is 0 Å². The Morgan fingerprint density at radius 2 is 1.74 bits per heavy atom. The summed E-state index contributed by atoms with van der Waals surface area (Å²) in [4.78, 5) is 26.1. The Bertz CT molecular complexity index is 938. The van der Waals surface area contributed by atoms with E-state index in [1.165, 1.54) is 21.3 Å². The minimum Gasteiger partial charge on any atom is -0.466 e. The van der Waals surface area contributed by atoms with Gasteiger partial charge in [-0.1, -0.05) is 32.0 Å². The second-order valence-electron chi connectivity index (χ2n) is 7.41. The fourth-order valence-electron chi connectivity index (χ4n) is 3.46. The summed E-state index contributed by atoms with van der Waals surface area (Å²) in [5.74, 6) is -2.04. The van der Waals surface area contributed by atoms with Crippen molar-refractivity contribution >= 4 is 11.9 Å². The molecule has 0 fully saturated rings. The molecule has 1 aliphatic rings. The first-order valence-corrected chi connectivity index (χ1v) is 9.82. The van der Waals surface area contributed by atoms with Crippen LogP contribution in [0.1, 0.15) is 37.8 Å². The minimum atomic E-state index is -0.922. The molecule has 2 rings (SSSR count). The van der Waals surface area contributed by atoms with Crippen LogP contribution >= 0.6 is 0 Å². The van der Waals surface area contributed by atoms with Gasteiger partial charge in [-0.3, -0.25) is 0 Å². The van der Waals surface area contributed by atoms with Gasteiger partial charge in [0.25, 0.3) is 0 Å². The Morgan fingerprint density at radius 1 is 1.10 bits per heavy atom. The Hall–Kier alpha value is -3.15. The molecular weight excluding hydrogens is 400 g/mol. The molecule has 0 aromatic heterocycles. The fraction of sp³-hybridized carbons (Fsp3) is 0.435. The molecule has 0 radical (unpaired) electrons. The first-order chi connectivity index (χ1) is 14.8. The number of methoxy groups -OCH3 is 3. The van der Waals surface area contributed by atoms with Crippen LogP contribution < -0.4 is 5.32 Å². The SMILES string of the molecule is COC(=O)C1=C(C(OC)OC)NC(C)=C(C(=O)OCC(C)C)C1c1ccccc1C#N. The van der Waals surface area contributed by atoms with Gasteiger partial charge >= 0.3 is 11.9 Å². The minimum absolute atomic E-state index is 0.112. The second-order valence-corrected chi connectivity index (χ2v) is 7.41. The van der Waals surface area contributed by atoms with E-state index in [0.29, 0.717) is 22.5 Å². The van der Waals surface area contributed by atoms with Gasteiger partial charge in [0, 0.05) is 19.9 Å². The van der Waals surface area contributed by atoms with E-state index in [9.17, 15) is 14.9 Å². The molecular formula is C23H28N2O6. The quantitative estimate of drug-likeness (QED) is 0.498. The number of ether oxygens (including phenoxy) is 4. The van der Waals surface area contributed by atoms with Gasteiger partial charge < -0.3 is 24.3 Å². The molecule has 1 heterocycles. The van der Waals surface area contributed by atoms with Crippen LogP contribution in [0.25, 0.3) is 0 Å². The molecule has 1 aromatic carbocycles. The number of nitrogens with one attached hydrogen (secondary N) is 1. The molecule has 1 N–H and O–H groups in total. The van der Waals surface area contributed by atoms with Gasteiger partial charge in [0.15, 0.2) is 6.29 Å². The normalized spacial score (nSPS) is 16.3. The largest absolute Gasteiger partial charge is 0.466 e. The van der Waals surface area contributed by atoms with Crippen molar-refractivity contribution in [3.05, 3.63) is 57.9 Å². The molecule has 0 bridgehead atoms. The zero-order chi connectivity index (χ0) is 23.1. The van der Waals surface area contributed by atoms with Crippen LogP contribution in [-0.4, -0.2) is 46.2 Å². The summed E-state index contributed by atoms with van der Waals surface area (Å²) in [6, 6.07) is 8.92. The molecule has 0 saturated carbocycles. The molecule has 0 spiro atoms. The number of hydrogen-bond donors (Lipinski definition) is 1. The highest BCUT2D eigenvalue weighted by molar-refractivity contribution is 6.00. The molecule has 1 aliphatic heterocycles. The van der Waals surface area contributed by atoms with Gasteiger partial charge in [0.05, 0.1) is 48.1 Å². The van der Waals surface area contributed by atoms with E-state index in [0.717, 1.165) is 0 Å². The third-order valence-electron chi connectivity index (χ3n) is 4.82. The van der Waals surface area contributed by atoms with Gasteiger partial charge in [0.1, 0.15) is 0 Å². The Balaban J connectivity index is 2.80. The summed E-state index contributed by atoms with van der Waals surface area (Å²) in [7, 11) is 4.11. The molecule has 1 atom stereocenters. The Morgan fingerprint density at radius 3 is 2.29 bits per heavy atom. The van der Waals surface area contributed by atoms with Crippen LogP contribution in [0.3, 0.4) is 0 Å². The van der Waals surface area contributed by atoms with Crippen molar-refractivity contribution in [2.24, 2.45) is 5.92 Å². The van der Waals surface area contributed by atoms with Gasteiger partial charge in [-0.05, 0) is 24.5 Å². The highest BCUT2D eigenvalue weighted by atomic mass is 16.7. The monoisotopic (exact) mass is 428 g/mol. The summed E-state index contributed by atoms with van der Waals surface area (Å²) >= 11 is 0. The van der Waals surface area contributed by atoms with E-state index in [2.05, 4.69) is 11.4 Å². The summed E-state index contributed by atoms with van der Waals surface area (Å²) in [5, 5.41) is 12.8. The molecule has 1 aromatic rings. The van der Waals surface area contributed by atoms with Crippen LogP contribution in [0, 0.1) is 17.2 Å².